The lowest BCUT2D eigenvalue weighted by molar-refractivity contribution is -0.136. The van der Waals surface area contributed by atoms with E-state index < -0.39 is 37.1 Å². The molecular formula is C7H16N3O7. The Morgan fingerprint density at radius 1 is 1.12 bits per heavy atom. The molecule has 0 rings (SSSR count). The summed E-state index contributed by atoms with van der Waals surface area (Å²) in [7, 11) is 0. The van der Waals surface area contributed by atoms with Crippen molar-refractivity contribution in [3.63, 3.8) is 0 Å². The minimum Gasteiger partial charge on any atom is -0.394 e. The predicted octanol–water partition coefficient (Wildman–Crippen LogP) is -4.84. The third-order valence-electron chi connectivity index (χ3n) is 1.42. The van der Waals surface area contributed by atoms with Crippen molar-refractivity contribution in [3.05, 3.63) is 0 Å². The van der Waals surface area contributed by atoms with Gasteiger partial charge in [-0.25, -0.2) is 4.79 Å². The number of nitrogens with zero attached hydrogens (tertiary/aromatic N) is 1. The van der Waals surface area contributed by atoms with Gasteiger partial charge in [0.15, 0.2) is 6.29 Å². The Balaban J connectivity index is -0.000000340. The van der Waals surface area contributed by atoms with Crippen LogP contribution in [0.1, 0.15) is 0 Å². The zero-order chi connectivity index (χ0) is 13.3. The number of amides is 2. The molecular weight excluding hydrogens is 238 g/mol. The quantitative estimate of drug-likeness (QED) is 0.237. The number of aldehydes is 1. The summed E-state index contributed by atoms with van der Waals surface area (Å²) in [4.78, 5) is 18.9. The minimum atomic E-state index is -1.79. The Morgan fingerprint density at radius 3 is 1.71 bits per heavy atom. The molecule has 10 nitrogen and oxygen atoms in total. The Kier molecular flexibility index (Phi) is 13.8. The van der Waals surface area contributed by atoms with Gasteiger partial charge in [0.25, 0.3) is 0 Å². The zero-order valence-corrected chi connectivity index (χ0v) is 8.75. The molecule has 0 unspecified atom stereocenters. The van der Waals surface area contributed by atoms with E-state index >= 15 is 0 Å². The Hall–Kier alpha value is -1.30. The average Bonchev–Trinajstić information content (AvgIpc) is 2.24. The molecule has 0 heterocycles. The molecule has 4 atom stereocenters. The van der Waals surface area contributed by atoms with Crippen LogP contribution in [-0.2, 0) is 4.79 Å². The first-order chi connectivity index (χ1) is 7.27. The number of urea groups is 1. The Bertz CT molecular complexity index is 212. The van der Waals surface area contributed by atoms with Gasteiger partial charge in [0.1, 0.15) is 24.4 Å². The highest BCUT2D eigenvalue weighted by Crippen LogP contribution is 2.02. The first-order valence-electron chi connectivity index (χ1n) is 4.11. The van der Waals surface area contributed by atoms with Gasteiger partial charge in [-0.1, -0.05) is 0 Å². The normalized spacial score (nSPS) is 16.3. The molecule has 10 heteroatoms. The van der Waals surface area contributed by atoms with Gasteiger partial charge in [-0.05, 0) is 0 Å². The van der Waals surface area contributed by atoms with E-state index in [-0.39, 0.29) is 12.4 Å². The van der Waals surface area contributed by atoms with E-state index in [0.29, 0.717) is 0 Å². The van der Waals surface area contributed by atoms with Gasteiger partial charge in [-0.3, -0.25) is 0 Å². The number of hydrogen-bond acceptors (Lipinski definition) is 7. The number of aliphatic hydroxyl groups is 5. The summed E-state index contributed by atoms with van der Waals surface area (Å²) >= 11 is 0. The first kappa shape index (κ1) is 21.0. The van der Waals surface area contributed by atoms with Gasteiger partial charge in [0.2, 0.25) is 0 Å². The van der Waals surface area contributed by atoms with Crippen LogP contribution in [0.4, 0.5) is 4.79 Å². The van der Waals surface area contributed by atoms with Crippen LogP contribution in [0.2, 0.25) is 0 Å². The SMILES string of the molecule is NC(N)=O.O=C[C@H](O)[C@@H](O)[C@H](O)[C@H](O)CO.[N]. The number of carbonyl (C=O) groups excluding carboxylic acids is 2. The number of aliphatic hydroxyl groups excluding tert-OH is 5. The van der Waals surface area contributed by atoms with E-state index in [4.69, 9.17) is 30.3 Å². The van der Waals surface area contributed by atoms with Crippen LogP contribution in [0.25, 0.3) is 0 Å². The zero-order valence-electron chi connectivity index (χ0n) is 8.75. The maximum absolute atomic E-state index is 9.90. The lowest BCUT2D eigenvalue weighted by Crippen LogP contribution is -2.46. The molecule has 3 radical (unpaired) electrons. The van der Waals surface area contributed by atoms with Gasteiger partial charge in [0, 0.05) is 6.15 Å². The topological polar surface area (TPSA) is 218 Å². The summed E-state index contributed by atoms with van der Waals surface area (Å²) in [6, 6.07) is -0.833. The molecule has 0 saturated carbocycles. The largest absolute Gasteiger partial charge is 0.394 e. The molecule has 0 aromatic carbocycles. The van der Waals surface area contributed by atoms with E-state index in [0.717, 1.165) is 0 Å². The second-order valence-electron chi connectivity index (χ2n) is 2.76. The summed E-state index contributed by atoms with van der Waals surface area (Å²) in [5.74, 6) is 0. The number of nitrogens with two attached hydrogens (primary N) is 2. The number of rotatable bonds is 5. The van der Waals surface area contributed by atoms with Crippen molar-refractivity contribution in [2.75, 3.05) is 6.61 Å². The smallest absolute Gasteiger partial charge is 0.309 e. The van der Waals surface area contributed by atoms with Gasteiger partial charge in [-0.15, -0.1) is 0 Å². The lowest BCUT2D eigenvalue weighted by atomic mass is 10.0. The summed E-state index contributed by atoms with van der Waals surface area (Å²) in [5, 5.41) is 43.5. The molecule has 9 N–H and O–H groups in total. The maximum atomic E-state index is 9.90. The molecule has 0 fully saturated rings. The molecule has 2 amide bonds. The van der Waals surface area contributed by atoms with Crippen LogP contribution in [0.15, 0.2) is 0 Å². The van der Waals surface area contributed by atoms with Crippen molar-refractivity contribution in [2.24, 2.45) is 11.5 Å². The molecule has 0 spiro atoms. The molecule has 0 aliphatic rings. The van der Waals surface area contributed by atoms with E-state index in [1.54, 1.807) is 0 Å². The second-order valence-corrected chi connectivity index (χ2v) is 2.76. The van der Waals surface area contributed by atoms with Crippen molar-refractivity contribution in [3.8, 4) is 0 Å². The molecule has 0 aliphatic carbocycles. The molecule has 101 valence electrons. The lowest BCUT2D eigenvalue weighted by Gasteiger charge is -2.22. The highest BCUT2D eigenvalue weighted by atomic mass is 16.4. The third kappa shape index (κ3) is 11.0. The van der Waals surface area contributed by atoms with Crippen LogP contribution in [0, 0.1) is 0 Å². The van der Waals surface area contributed by atoms with E-state index in [1.165, 1.54) is 0 Å². The van der Waals surface area contributed by atoms with Gasteiger partial charge < -0.3 is 41.8 Å². The van der Waals surface area contributed by atoms with Crippen LogP contribution < -0.4 is 17.6 Å². The Morgan fingerprint density at radius 2 is 1.47 bits per heavy atom. The molecule has 0 saturated heterocycles. The summed E-state index contributed by atoms with van der Waals surface area (Å²) in [6.45, 7) is -0.760. The molecule has 17 heavy (non-hydrogen) atoms. The van der Waals surface area contributed by atoms with Crippen molar-refractivity contribution >= 4 is 12.3 Å². The van der Waals surface area contributed by atoms with Gasteiger partial charge in [0.05, 0.1) is 6.61 Å². The minimum absolute atomic E-state index is 0. The van der Waals surface area contributed by atoms with E-state index in [1.807, 2.05) is 0 Å². The Labute approximate surface area is 97.0 Å². The number of primary amides is 2. The van der Waals surface area contributed by atoms with Crippen molar-refractivity contribution in [1.29, 1.82) is 0 Å². The number of carbonyl (C=O) groups is 2. The van der Waals surface area contributed by atoms with E-state index in [9.17, 15) is 4.79 Å². The van der Waals surface area contributed by atoms with Crippen molar-refractivity contribution in [2.45, 2.75) is 24.4 Å². The highest BCUT2D eigenvalue weighted by Gasteiger charge is 2.29. The van der Waals surface area contributed by atoms with E-state index in [2.05, 4.69) is 11.5 Å². The van der Waals surface area contributed by atoms with Gasteiger partial charge in [-0.2, -0.15) is 0 Å². The standard InChI is InChI=1S/C6H12O6.CH4N2O.N/c7-1-3(9)5(11)6(12)4(10)2-8;2-1(3)4;/h1,3-6,8-12H,2H2;(H4,2,3,4);/t3-,4+,5+,6+;;/m0../s1. The fraction of sp³-hybridized carbons (Fsp3) is 0.714. The first-order valence-corrected chi connectivity index (χ1v) is 4.11. The molecule has 0 aromatic rings. The van der Waals surface area contributed by atoms with Crippen LogP contribution in [0.5, 0.6) is 0 Å². The fourth-order valence-corrected chi connectivity index (χ4v) is 0.618. The van der Waals surface area contributed by atoms with Crippen LogP contribution in [-0.4, -0.2) is 68.9 Å². The number of hydrogen-bond donors (Lipinski definition) is 7. The summed E-state index contributed by atoms with van der Waals surface area (Å²) in [6.07, 6.45) is -6.84. The third-order valence-corrected chi connectivity index (χ3v) is 1.42. The second kappa shape index (κ2) is 11.2. The molecule has 0 bridgehead atoms. The summed E-state index contributed by atoms with van der Waals surface area (Å²) in [5.41, 5.74) is 8.50. The predicted molar refractivity (Wildman–Crippen MR) is 53.1 cm³/mol. The van der Waals surface area contributed by atoms with Crippen molar-refractivity contribution in [1.82, 2.24) is 6.15 Å². The molecule has 0 aliphatic heterocycles. The fourth-order valence-electron chi connectivity index (χ4n) is 0.618. The monoisotopic (exact) mass is 254 g/mol. The van der Waals surface area contributed by atoms with Crippen molar-refractivity contribution < 1.29 is 35.1 Å². The molecule has 0 aromatic heterocycles. The average molecular weight is 254 g/mol. The maximum Gasteiger partial charge on any atom is 0.309 e. The van der Waals surface area contributed by atoms with Crippen LogP contribution >= 0.6 is 0 Å². The highest BCUT2D eigenvalue weighted by molar-refractivity contribution is 5.69. The summed E-state index contributed by atoms with van der Waals surface area (Å²) < 4.78 is 0. The van der Waals surface area contributed by atoms with Gasteiger partial charge >= 0.3 is 6.03 Å². The van der Waals surface area contributed by atoms with Crippen LogP contribution in [0.3, 0.4) is 0 Å².